The van der Waals surface area contributed by atoms with Gasteiger partial charge in [-0.05, 0) is 53.1 Å². The average Bonchev–Trinajstić information content (AvgIpc) is 2.91. The summed E-state index contributed by atoms with van der Waals surface area (Å²) in [5, 5.41) is 14.2. The summed E-state index contributed by atoms with van der Waals surface area (Å²) in [6, 6.07) is 11.7. The summed E-state index contributed by atoms with van der Waals surface area (Å²) in [6.45, 7) is 6.43. The molecule has 4 heteroatoms. The third-order valence-corrected chi connectivity index (χ3v) is 6.01. The lowest BCUT2D eigenvalue weighted by atomic mass is 9.94. The lowest BCUT2D eigenvalue weighted by Gasteiger charge is -2.24. The number of benzene rings is 2. The number of hydrogen-bond acceptors (Lipinski definition) is 4. The van der Waals surface area contributed by atoms with Crippen LogP contribution >= 0.6 is 11.8 Å². The number of carbonyl (C=O) groups is 1. The van der Waals surface area contributed by atoms with Gasteiger partial charge >= 0.3 is 0 Å². The van der Waals surface area contributed by atoms with E-state index in [1.54, 1.807) is 11.8 Å². The molecule has 1 atom stereocenters. The van der Waals surface area contributed by atoms with Gasteiger partial charge in [-0.3, -0.25) is 4.79 Å². The van der Waals surface area contributed by atoms with Gasteiger partial charge in [0.2, 0.25) is 0 Å². The number of Topliss-reactive ketones (excluding diaryl/α,β-unsaturated/α-hetero) is 1. The molecule has 0 saturated carbocycles. The molecule has 2 aromatic rings. The maximum absolute atomic E-state index is 12.9. The summed E-state index contributed by atoms with van der Waals surface area (Å²) in [5.41, 5.74) is 5.04. The summed E-state index contributed by atoms with van der Waals surface area (Å²) in [7, 11) is 0. The molecule has 2 N–H and O–H groups in total. The van der Waals surface area contributed by atoms with E-state index in [4.69, 9.17) is 0 Å². The molecule has 0 spiro atoms. The van der Waals surface area contributed by atoms with Crippen molar-refractivity contribution in [2.24, 2.45) is 0 Å². The molecule has 2 aromatic carbocycles. The normalized spacial score (nSPS) is 17.9. The van der Waals surface area contributed by atoms with Crippen LogP contribution in [0.25, 0.3) is 11.8 Å². The molecule has 27 heavy (non-hydrogen) atoms. The Morgan fingerprint density at radius 3 is 2.70 bits per heavy atom. The Hall–Kier alpha value is -2.46. The monoisotopic (exact) mass is 377 g/mol. The molecule has 1 aliphatic carbocycles. The van der Waals surface area contributed by atoms with Gasteiger partial charge in [-0.1, -0.05) is 39.0 Å². The maximum Gasteiger partial charge on any atom is 0.195 e. The molecule has 1 aliphatic heterocycles. The molecule has 2 aliphatic rings. The van der Waals surface area contributed by atoms with E-state index in [2.05, 4.69) is 44.3 Å². The lowest BCUT2D eigenvalue weighted by molar-refractivity contribution is 0.103. The smallest absolute Gasteiger partial charge is 0.195 e. The second-order valence-corrected chi connectivity index (χ2v) is 8.55. The van der Waals surface area contributed by atoms with Crippen LogP contribution in [0.5, 0.6) is 0 Å². The molecule has 0 bridgehead atoms. The standard InChI is InChI=1S/C23H23NO2S/c1-4-27-16-7-8-17-18(12-16)23(26)21(22(17)25)20-10-6-15-11-14(13(2)3)5-9-19(15)24-20/h5-13,20,24,26H,4H2,1-3H3. The van der Waals surface area contributed by atoms with E-state index >= 15 is 0 Å². The molecule has 0 saturated heterocycles. The highest BCUT2D eigenvalue weighted by Gasteiger charge is 2.35. The summed E-state index contributed by atoms with van der Waals surface area (Å²) in [5.74, 6) is 1.42. The first-order chi connectivity index (χ1) is 13.0. The van der Waals surface area contributed by atoms with E-state index in [1.807, 2.05) is 30.4 Å². The zero-order chi connectivity index (χ0) is 19.1. The van der Waals surface area contributed by atoms with Crippen LogP contribution in [0.2, 0.25) is 0 Å². The van der Waals surface area contributed by atoms with Crippen LogP contribution in [0.1, 0.15) is 53.7 Å². The second kappa shape index (κ2) is 6.93. The number of nitrogens with one attached hydrogen (secondary N) is 1. The topological polar surface area (TPSA) is 49.3 Å². The third kappa shape index (κ3) is 3.08. The predicted molar refractivity (Wildman–Crippen MR) is 114 cm³/mol. The SMILES string of the molecule is CCSc1ccc2c(c1)C(O)=C(C1C=Cc3cc(C(C)C)ccc3N1)C2=O. The predicted octanol–water partition coefficient (Wildman–Crippen LogP) is 5.89. The molecule has 4 rings (SSSR count). The molecule has 3 nitrogen and oxygen atoms in total. The summed E-state index contributed by atoms with van der Waals surface area (Å²) < 4.78 is 0. The summed E-state index contributed by atoms with van der Waals surface area (Å²) in [6.07, 6.45) is 4.00. The molecular weight excluding hydrogens is 354 g/mol. The van der Waals surface area contributed by atoms with Gasteiger partial charge in [0.15, 0.2) is 5.78 Å². The van der Waals surface area contributed by atoms with Crippen LogP contribution in [0.4, 0.5) is 5.69 Å². The Bertz CT molecular complexity index is 988. The number of aliphatic hydroxyl groups excluding tert-OH is 1. The van der Waals surface area contributed by atoms with E-state index in [1.165, 1.54) is 5.56 Å². The number of rotatable bonds is 4. The Morgan fingerprint density at radius 2 is 1.96 bits per heavy atom. The van der Waals surface area contributed by atoms with Gasteiger partial charge in [0.1, 0.15) is 5.76 Å². The fourth-order valence-electron chi connectivity index (χ4n) is 3.65. The van der Waals surface area contributed by atoms with E-state index in [0.29, 0.717) is 22.6 Å². The first-order valence-electron chi connectivity index (χ1n) is 9.33. The number of ketones is 1. The maximum atomic E-state index is 12.9. The number of aliphatic hydroxyl groups is 1. The fraction of sp³-hybridized carbons (Fsp3) is 0.261. The number of thioether (sulfide) groups is 1. The molecule has 0 fully saturated rings. The van der Waals surface area contributed by atoms with E-state index in [9.17, 15) is 9.90 Å². The average molecular weight is 378 g/mol. The van der Waals surface area contributed by atoms with Crippen molar-refractivity contribution in [3.05, 3.63) is 70.3 Å². The molecule has 0 amide bonds. The first kappa shape index (κ1) is 17.9. The molecule has 0 aromatic heterocycles. The Morgan fingerprint density at radius 1 is 1.15 bits per heavy atom. The number of anilines is 1. The minimum atomic E-state index is -0.329. The molecule has 138 valence electrons. The summed E-state index contributed by atoms with van der Waals surface area (Å²) in [4.78, 5) is 14.0. The van der Waals surface area contributed by atoms with Crippen LogP contribution in [0.3, 0.4) is 0 Å². The van der Waals surface area contributed by atoms with E-state index in [-0.39, 0.29) is 17.6 Å². The van der Waals surface area contributed by atoms with Crippen molar-refractivity contribution in [3.63, 3.8) is 0 Å². The van der Waals surface area contributed by atoms with Gasteiger partial charge in [0.05, 0.1) is 11.6 Å². The van der Waals surface area contributed by atoms with Gasteiger partial charge in [-0.2, -0.15) is 0 Å². The van der Waals surface area contributed by atoms with Crippen LogP contribution in [0, 0.1) is 0 Å². The van der Waals surface area contributed by atoms with Gasteiger partial charge in [-0.15, -0.1) is 11.8 Å². The van der Waals surface area contributed by atoms with Crippen molar-refractivity contribution in [1.29, 1.82) is 0 Å². The highest BCUT2D eigenvalue weighted by molar-refractivity contribution is 7.99. The molecule has 0 radical (unpaired) electrons. The lowest BCUT2D eigenvalue weighted by Crippen LogP contribution is -2.26. The first-order valence-corrected chi connectivity index (χ1v) is 10.3. The van der Waals surface area contributed by atoms with Crippen molar-refractivity contribution in [1.82, 2.24) is 0 Å². The van der Waals surface area contributed by atoms with Crippen LogP contribution in [0.15, 0.2) is 52.9 Å². The van der Waals surface area contributed by atoms with Gasteiger partial charge < -0.3 is 10.4 Å². The van der Waals surface area contributed by atoms with Crippen LogP contribution in [-0.2, 0) is 0 Å². The molecular formula is C23H23NO2S. The number of carbonyl (C=O) groups excluding carboxylic acids is 1. The van der Waals surface area contributed by atoms with Gasteiger partial charge in [-0.25, -0.2) is 0 Å². The van der Waals surface area contributed by atoms with Crippen LogP contribution < -0.4 is 5.32 Å². The Kier molecular flexibility index (Phi) is 4.60. The minimum absolute atomic E-state index is 0.0953. The van der Waals surface area contributed by atoms with Crippen LogP contribution in [-0.4, -0.2) is 22.7 Å². The quantitative estimate of drug-likeness (QED) is 0.652. The number of fused-ring (bicyclic) bond motifs is 2. The second-order valence-electron chi connectivity index (χ2n) is 7.21. The van der Waals surface area contributed by atoms with Crippen molar-refractivity contribution in [2.75, 3.05) is 11.1 Å². The Labute approximate surface area is 164 Å². The van der Waals surface area contributed by atoms with Crippen molar-refractivity contribution in [3.8, 4) is 0 Å². The fourth-order valence-corrected chi connectivity index (χ4v) is 4.35. The van der Waals surface area contributed by atoms with Crippen molar-refractivity contribution >= 4 is 35.1 Å². The molecule has 1 unspecified atom stereocenters. The largest absolute Gasteiger partial charge is 0.507 e. The third-order valence-electron chi connectivity index (χ3n) is 5.13. The zero-order valence-corrected chi connectivity index (χ0v) is 16.6. The number of hydrogen-bond donors (Lipinski definition) is 2. The Balaban J connectivity index is 1.68. The van der Waals surface area contributed by atoms with E-state index in [0.717, 1.165) is 21.9 Å². The highest BCUT2D eigenvalue weighted by Crippen LogP contribution is 2.38. The molecule has 1 heterocycles. The zero-order valence-electron chi connectivity index (χ0n) is 15.7. The van der Waals surface area contributed by atoms with Crippen molar-refractivity contribution < 1.29 is 9.90 Å². The summed E-state index contributed by atoms with van der Waals surface area (Å²) >= 11 is 1.70. The van der Waals surface area contributed by atoms with E-state index < -0.39 is 0 Å². The van der Waals surface area contributed by atoms with Gasteiger partial charge in [0.25, 0.3) is 0 Å². The van der Waals surface area contributed by atoms with Gasteiger partial charge in [0, 0.05) is 21.7 Å². The van der Waals surface area contributed by atoms with Crippen molar-refractivity contribution in [2.45, 2.75) is 37.6 Å². The minimum Gasteiger partial charge on any atom is -0.507 e. The highest BCUT2D eigenvalue weighted by atomic mass is 32.2.